The van der Waals surface area contributed by atoms with Crippen molar-refractivity contribution < 1.29 is 13.2 Å². The van der Waals surface area contributed by atoms with Gasteiger partial charge >= 0.3 is 6.18 Å². The molecule has 2 aromatic heterocycles. The fourth-order valence-electron chi connectivity index (χ4n) is 1.66. The van der Waals surface area contributed by atoms with Crippen LogP contribution in [-0.4, -0.2) is 30.4 Å². The highest BCUT2D eigenvalue weighted by Gasteiger charge is 2.30. The second-order valence-electron chi connectivity index (χ2n) is 4.19. The van der Waals surface area contributed by atoms with Gasteiger partial charge in [-0.1, -0.05) is 12.1 Å². The average Bonchev–Trinajstić information content (AvgIpc) is 2.55. The molecule has 0 aliphatic carbocycles. The highest BCUT2D eigenvalue weighted by Crippen LogP contribution is 2.30. The number of rotatable bonds is 2. The van der Waals surface area contributed by atoms with Crippen LogP contribution in [-0.2, 0) is 6.18 Å². The normalized spacial score (nSPS) is 11.4. The first-order valence-electron chi connectivity index (χ1n) is 6.06. The van der Waals surface area contributed by atoms with Gasteiger partial charge in [0.05, 0.1) is 5.56 Å². The topological polar surface area (TPSA) is 77.3 Å². The Morgan fingerprint density at radius 2 is 1.23 bits per heavy atom. The van der Waals surface area contributed by atoms with Crippen LogP contribution in [0.1, 0.15) is 5.56 Å². The van der Waals surface area contributed by atoms with Crippen molar-refractivity contribution >= 4 is 0 Å². The Hall–Kier alpha value is -2.97. The Morgan fingerprint density at radius 3 is 1.77 bits per heavy atom. The monoisotopic (exact) mass is 304 g/mol. The van der Waals surface area contributed by atoms with E-state index in [9.17, 15) is 13.2 Å². The van der Waals surface area contributed by atoms with E-state index in [1.807, 2.05) is 0 Å². The molecule has 0 aliphatic rings. The Kier molecular flexibility index (Phi) is 3.45. The zero-order chi connectivity index (χ0) is 15.6. The highest BCUT2D eigenvalue weighted by molar-refractivity contribution is 5.55. The van der Waals surface area contributed by atoms with Crippen molar-refractivity contribution in [1.29, 1.82) is 0 Å². The van der Waals surface area contributed by atoms with E-state index in [1.54, 1.807) is 6.07 Å². The lowest BCUT2D eigenvalue weighted by Crippen LogP contribution is -2.05. The van der Waals surface area contributed by atoms with Crippen molar-refractivity contribution in [3.63, 3.8) is 0 Å². The van der Waals surface area contributed by atoms with Gasteiger partial charge in [0.15, 0.2) is 0 Å². The average molecular weight is 304 g/mol. The third kappa shape index (κ3) is 2.87. The van der Waals surface area contributed by atoms with E-state index < -0.39 is 11.7 Å². The first-order valence-corrected chi connectivity index (χ1v) is 6.06. The summed E-state index contributed by atoms with van der Waals surface area (Å²) in [5, 5.41) is 15.3. The van der Waals surface area contributed by atoms with E-state index >= 15 is 0 Å². The van der Waals surface area contributed by atoms with Crippen LogP contribution in [0.2, 0.25) is 0 Å². The molecular formula is C13H7F3N6. The Labute approximate surface area is 122 Å². The summed E-state index contributed by atoms with van der Waals surface area (Å²) in [7, 11) is 0. The first-order chi connectivity index (χ1) is 10.5. The van der Waals surface area contributed by atoms with Gasteiger partial charge in [0.2, 0.25) is 17.5 Å². The van der Waals surface area contributed by atoms with Crippen LogP contribution in [0, 0.1) is 0 Å². The van der Waals surface area contributed by atoms with Crippen LogP contribution < -0.4 is 0 Å². The maximum atomic E-state index is 12.5. The summed E-state index contributed by atoms with van der Waals surface area (Å²) in [4.78, 5) is 7.90. The Bertz CT molecular complexity index is 757. The zero-order valence-corrected chi connectivity index (χ0v) is 10.9. The maximum absolute atomic E-state index is 12.5. The van der Waals surface area contributed by atoms with Gasteiger partial charge in [0, 0.05) is 18.0 Å². The minimum atomic E-state index is -4.38. The SMILES string of the molecule is FC(F)(F)c1ccc(-c2nnc(-c3ncccn3)nn2)cc1. The fraction of sp³-hybridized carbons (Fsp3) is 0.0769. The standard InChI is InChI=1S/C13H7F3N6/c14-13(15,16)9-4-2-8(3-5-9)10-19-21-12(22-20-10)11-17-6-1-7-18-11/h1-7H. The lowest BCUT2D eigenvalue weighted by Gasteiger charge is -2.06. The summed E-state index contributed by atoms with van der Waals surface area (Å²) in [5.74, 6) is 0.520. The lowest BCUT2D eigenvalue weighted by molar-refractivity contribution is -0.137. The molecule has 6 nitrogen and oxygen atoms in total. The van der Waals surface area contributed by atoms with Crippen LogP contribution in [0.3, 0.4) is 0 Å². The molecule has 9 heteroatoms. The molecule has 0 amide bonds. The van der Waals surface area contributed by atoms with Gasteiger partial charge in [-0.15, -0.1) is 20.4 Å². The molecule has 0 bridgehead atoms. The molecule has 0 fully saturated rings. The summed E-state index contributed by atoms with van der Waals surface area (Å²) in [6.45, 7) is 0. The minimum absolute atomic E-state index is 0.119. The number of halogens is 3. The summed E-state index contributed by atoms with van der Waals surface area (Å²) in [6, 6.07) is 6.07. The van der Waals surface area contributed by atoms with Crippen LogP contribution in [0.15, 0.2) is 42.7 Å². The van der Waals surface area contributed by atoms with E-state index in [-0.39, 0.29) is 17.5 Å². The predicted molar refractivity (Wildman–Crippen MR) is 69.1 cm³/mol. The van der Waals surface area contributed by atoms with Crippen LogP contribution in [0.5, 0.6) is 0 Å². The Balaban J connectivity index is 1.87. The number of alkyl halides is 3. The van der Waals surface area contributed by atoms with Crippen molar-refractivity contribution in [3.05, 3.63) is 48.3 Å². The number of hydrogen-bond donors (Lipinski definition) is 0. The summed E-state index contributed by atoms with van der Waals surface area (Å²) in [5.41, 5.74) is -0.361. The van der Waals surface area contributed by atoms with Crippen molar-refractivity contribution in [2.45, 2.75) is 6.18 Å². The molecule has 0 aliphatic heterocycles. The predicted octanol–water partition coefficient (Wildman–Crippen LogP) is 2.41. The molecule has 3 aromatic rings. The molecular weight excluding hydrogens is 297 g/mol. The van der Waals surface area contributed by atoms with E-state index in [0.717, 1.165) is 12.1 Å². The van der Waals surface area contributed by atoms with Crippen molar-refractivity contribution in [2.24, 2.45) is 0 Å². The first kappa shape index (κ1) is 14.0. The summed E-state index contributed by atoms with van der Waals surface area (Å²) in [6.07, 6.45) is -1.34. The molecule has 3 rings (SSSR count). The molecule has 22 heavy (non-hydrogen) atoms. The van der Waals surface area contributed by atoms with Gasteiger partial charge in [0.25, 0.3) is 0 Å². The summed E-state index contributed by atoms with van der Waals surface area (Å²) < 4.78 is 37.5. The van der Waals surface area contributed by atoms with Crippen LogP contribution >= 0.6 is 0 Å². The number of benzene rings is 1. The lowest BCUT2D eigenvalue weighted by atomic mass is 10.1. The second-order valence-corrected chi connectivity index (χ2v) is 4.19. The Morgan fingerprint density at radius 1 is 0.682 bits per heavy atom. The molecule has 0 saturated carbocycles. The molecule has 2 heterocycles. The smallest absolute Gasteiger partial charge is 0.234 e. The summed E-state index contributed by atoms with van der Waals surface area (Å²) >= 11 is 0. The van der Waals surface area contributed by atoms with Crippen LogP contribution in [0.25, 0.3) is 23.0 Å². The van der Waals surface area contributed by atoms with Crippen molar-refractivity contribution in [2.75, 3.05) is 0 Å². The minimum Gasteiger partial charge on any atom is -0.234 e. The van der Waals surface area contributed by atoms with Gasteiger partial charge in [-0.05, 0) is 18.2 Å². The quantitative estimate of drug-likeness (QED) is 0.723. The zero-order valence-electron chi connectivity index (χ0n) is 10.9. The second kappa shape index (κ2) is 5.43. The molecule has 0 spiro atoms. The van der Waals surface area contributed by atoms with E-state index in [1.165, 1.54) is 24.5 Å². The highest BCUT2D eigenvalue weighted by atomic mass is 19.4. The maximum Gasteiger partial charge on any atom is 0.416 e. The van der Waals surface area contributed by atoms with Crippen molar-refractivity contribution in [3.8, 4) is 23.0 Å². The molecule has 0 N–H and O–H groups in total. The molecule has 110 valence electrons. The molecule has 1 aromatic carbocycles. The van der Waals surface area contributed by atoms with Gasteiger partial charge in [0.1, 0.15) is 0 Å². The van der Waals surface area contributed by atoms with Crippen LogP contribution in [0.4, 0.5) is 13.2 Å². The molecule has 0 radical (unpaired) electrons. The largest absolute Gasteiger partial charge is 0.416 e. The third-order valence-corrected chi connectivity index (χ3v) is 2.72. The molecule has 0 atom stereocenters. The molecule has 0 unspecified atom stereocenters. The van der Waals surface area contributed by atoms with Gasteiger partial charge in [-0.3, -0.25) is 0 Å². The van der Waals surface area contributed by atoms with E-state index in [0.29, 0.717) is 5.56 Å². The van der Waals surface area contributed by atoms with E-state index in [4.69, 9.17) is 0 Å². The van der Waals surface area contributed by atoms with Gasteiger partial charge in [-0.2, -0.15) is 13.2 Å². The number of nitrogens with zero attached hydrogens (tertiary/aromatic N) is 6. The number of aromatic nitrogens is 6. The van der Waals surface area contributed by atoms with Gasteiger partial charge in [-0.25, -0.2) is 9.97 Å². The van der Waals surface area contributed by atoms with Crippen molar-refractivity contribution in [1.82, 2.24) is 30.4 Å². The van der Waals surface area contributed by atoms with Gasteiger partial charge < -0.3 is 0 Å². The number of hydrogen-bond acceptors (Lipinski definition) is 6. The third-order valence-electron chi connectivity index (χ3n) is 2.72. The van der Waals surface area contributed by atoms with E-state index in [2.05, 4.69) is 30.4 Å². The molecule has 0 saturated heterocycles. The fourth-order valence-corrected chi connectivity index (χ4v) is 1.66.